The molecule has 3 rings (SSSR count). The Bertz CT molecular complexity index is 1060. The van der Waals surface area contributed by atoms with Crippen molar-refractivity contribution in [1.29, 1.82) is 0 Å². The molecule has 0 amide bonds. The van der Waals surface area contributed by atoms with Crippen LogP contribution in [-0.4, -0.2) is 32.7 Å². The molecule has 4 heteroatoms. The zero-order chi connectivity index (χ0) is 26.0. The summed E-state index contributed by atoms with van der Waals surface area (Å²) in [6.45, 7) is 12.2. The fraction of sp³-hybridized carbons (Fsp3) is 0.375. The average Bonchev–Trinajstić information content (AvgIpc) is 2.89. The highest BCUT2D eigenvalue weighted by Gasteiger charge is 2.50. The second-order valence-corrected chi connectivity index (χ2v) is 14.8. The van der Waals surface area contributed by atoms with Crippen LogP contribution in [0.4, 0.5) is 0 Å². The van der Waals surface area contributed by atoms with Crippen LogP contribution in [-0.2, 0) is 15.8 Å². The van der Waals surface area contributed by atoms with Crippen molar-refractivity contribution in [2.45, 2.75) is 52.4 Å². The summed E-state index contributed by atoms with van der Waals surface area (Å²) in [5.41, 5.74) is 1.13. The van der Waals surface area contributed by atoms with Gasteiger partial charge in [-0.05, 0) is 27.9 Å². The molecule has 3 aromatic rings. The van der Waals surface area contributed by atoms with E-state index in [1.807, 2.05) is 56.3 Å². The van der Waals surface area contributed by atoms with Crippen LogP contribution in [0.15, 0.2) is 91.0 Å². The highest BCUT2D eigenvalue weighted by Crippen LogP contribution is 2.37. The molecule has 0 bridgehead atoms. The van der Waals surface area contributed by atoms with Crippen molar-refractivity contribution in [2.75, 3.05) is 13.2 Å². The van der Waals surface area contributed by atoms with E-state index in [0.717, 1.165) is 5.56 Å². The predicted molar refractivity (Wildman–Crippen MR) is 152 cm³/mol. The second-order valence-electron chi connectivity index (χ2n) is 10.5. The highest BCUT2D eigenvalue weighted by molar-refractivity contribution is 6.99. The first-order chi connectivity index (χ1) is 17.3. The maximum absolute atomic E-state index is 11.1. The summed E-state index contributed by atoms with van der Waals surface area (Å²) >= 11 is 0. The molecule has 190 valence electrons. The van der Waals surface area contributed by atoms with Gasteiger partial charge in [0.1, 0.15) is 6.61 Å². The lowest BCUT2D eigenvalue weighted by atomic mass is 9.94. The summed E-state index contributed by atoms with van der Waals surface area (Å²) in [7, 11) is -2.63. The van der Waals surface area contributed by atoms with Crippen molar-refractivity contribution in [3.63, 3.8) is 0 Å². The Balaban J connectivity index is 1.69. The van der Waals surface area contributed by atoms with Crippen molar-refractivity contribution >= 4 is 18.7 Å². The minimum Gasteiger partial charge on any atom is -0.407 e. The Labute approximate surface area is 218 Å². The van der Waals surface area contributed by atoms with E-state index in [9.17, 15) is 5.11 Å². The number of rotatable bonds is 10. The van der Waals surface area contributed by atoms with Gasteiger partial charge in [-0.15, -0.1) is 0 Å². The zero-order valence-corrected chi connectivity index (χ0v) is 23.3. The Kier molecular flexibility index (Phi) is 10.1. The number of hydrogen-bond acceptors (Lipinski definition) is 3. The van der Waals surface area contributed by atoms with E-state index >= 15 is 0 Å². The molecule has 0 aliphatic rings. The van der Waals surface area contributed by atoms with Crippen molar-refractivity contribution in [3.05, 3.63) is 96.6 Å². The van der Waals surface area contributed by atoms with Crippen LogP contribution in [0.1, 0.15) is 40.2 Å². The maximum Gasteiger partial charge on any atom is 0.261 e. The summed E-state index contributed by atoms with van der Waals surface area (Å²) in [6.07, 6.45) is -0.593. The van der Waals surface area contributed by atoms with Crippen molar-refractivity contribution in [1.82, 2.24) is 0 Å². The molecule has 0 saturated heterocycles. The lowest BCUT2D eigenvalue weighted by molar-refractivity contribution is 0.0575. The van der Waals surface area contributed by atoms with Crippen LogP contribution in [0.3, 0.4) is 0 Å². The first-order valence-electron chi connectivity index (χ1n) is 12.8. The van der Waals surface area contributed by atoms with Gasteiger partial charge in [0.05, 0.1) is 12.7 Å². The van der Waals surface area contributed by atoms with Gasteiger partial charge in [0.25, 0.3) is 8.32 Å². The molecular weight excluding hydrogens is 460 g/mol. The maximum atomic E-state index is 11.1. The number of hydrogen-bond donors (Lipinski definition) is 1. The Morgan fingerprint density at radius 2 is 1.31 bits per heavy atom. The van der Waals surface area contributed by atoms with E-state index in [1.54, 1.807) is 0 Å². The number of benzene rings is 3. The van der Waals surface area contributed by atoms with E-state index in [0.29, 0.717) is 19.8 Å². The summed E-state index contributed by atoms with van der Waals surface area (Å²) in [5, 5.41) is 13.4. The molecule has 0 unspecified atom stereocenters. The van der Waals surface area contributed by atoms with Crippen LogP contribution < -0.4 is 10.4 Å². The molecule has 0 spiro atoms. The number of aliphatic hydroxyl groups excluding tert-OH is 1. The molecule has 3 nitrogen and oxygen atoms in total. The van der Waals surface area contributed by atoms with Crippen molar-refractivity contribution in [2.24, 2.45) is 11.8 Å². The zero-order valence-electron chi connectivity index (χ0n) is 22.3. The molecule has 0 saturated carbocycles. The Morgan fingerprint density at radius 1 is 0.806 bits per heavy atom. The normalized spacial score (nSPS) is 14.4. The fourth-order valence-electron chi connectivity index (χ4n) is 4.69. The topological polar surface area (TPSA) is 38.7 Å². The van der Waals surface area contributed by atoms with Crippen LogP contribution in [0.25, 0.3) is 0 Å². The second kappa shape index (κ2) is 13.0. The molecule has 0 heterocycles. The third kappa shape index (κ3) is 6.96. The van der Waals surface area contributed by atoms with Crippen LogP contribution in [0.2, 0.25) is 5.04 Å². The van der Waals surface area contributed by atoms with Gasteiger partial charge in [0.2, 0.25) is 0 Å². The largest absolute Gasteiger partial charge is 0.407 e. The summed E-state index contributed by atoms with van der Waals surface area (Å²) in [6, 6.07) is 31.3. The molecule has 0 fully saturated rings. The van der Waals surface area contributed by atoms with Gasteiger partial charge < -0.3 is 14.3 Å². The summed E-state index contributed by atoms with van der Waals surface area (Å²) < 4.78 is 12.7. The molecule has 36 heavy (non-hydrogen) atoms. The molecule has 0 aliphatic carbocycles. The van der Waals surface area contributed by atoms with Gasteiger partial charge >= 0.3 is 0 Å². The first-order valence-corrected chi connectivity index (χ1v) is 14.7. The van der Waals surface area contributed by atoms with Crippen LogP contribution in [0, 0.1) is 23.7 Å². The van der Waals surface area contributed by atoms with Gasteiger partial charge in [-0.1, -0.05) is 131 Å². The van der Waals surface area contributed by atoms with E-state index < -0.39 is 14.4 Å². The molecule has 0 aliphatic heterocycles. The minimum absolute atomic E-state index is 0.0683. The van der Waals surface area contributed by atoms with E-state index in [2.05, 4.69) is 81.1 Å². The van der Waals surface area contributed by atoms with Crippen LogP contribution >= 0.6 is 0 Å². The molecule has 1 N–H and O–H groups in total. The standard InChI is InChI=1S/C32H40O3Si/c1-26(16-15-23-34-25-28-17-9-6-10-18-28)31(33)27(2)24-35-36(32(3,4)5,29-19-11-7-12-20-29)30-21-13-8-14-22-30/h6-14,17-22,26-27,31,33H,23-25H2,1-5H3/t26-,27+,31-/m0/s1. The molecule has 3 aromatic carbocycles. The lowest BCUT2D eigenvalue weighted by Gasteiger charge is -2.44. The number of aliphatic hydroxyl groups is 1. The third-order valence-electron chi connectivity index (χ3n) is 6.69. The highest BCUT2D eigenvalue weighted by atomic mass is 28.4. The predicted octanol–water partition coefficient (Wildman–Crippen LogP) is 5.42. The molecule has 0 radical (unpaired) electrons. The SMILES string of the molecule is C[C@H](CO[Si](c1ccccc1)(c1ccccc1)C(C)(C)C)[C@@H](O)[C@@H](C)C#CCOCc1ccccc1. The van der Waals surface area contributed by atoms with Gasteiger partial charge in [-0.2, -0.15) is 0 Å². The quantitative estimate of drug-likeness (QED) is 0.230. The van der Waals surface area contributed by atoms with E-state index in [1.165, 1.54) is 10.4 Å². The molecule has 3 atom stereocenters. The van der Waals surface area contributed by atoms with Gasteiger partial charge in [0, 0.05) is 18.4 Å². The first kappa shape index (κ1) is 27.9. The summed E-state index contributed by atoms with van der Waals surface area (Å²) in [4.78, 5) is 0. The van der Waals surface area contributed by atoms with Crippen molar-refractivity contribution in [3.8, 4) is 11.8 Å². The third-order valence-corrected chi connectivity index (χ3v) is 11.7. The van der Waals surface area contributed by atoms with Gasteiger partial charge in [-0.25, -0.2) is 0 Å². The van der Waals surface area contributed by atoms with E-state index in [-0.39, 0.29) is 16.9 Å². The summed E-state index contributed by atoms with van der Waals surface area (Å²) in [5.74, 6) is 6.00. The number of ether oxygens (including phenoxy) is 1. The molecular formula is C32H40O3Si. The minimum atomic E-state index is -2.63. The van der Waals surface area contributed by atoms with Gasteiger partial charge in [-0.3, -0.25) is 0 Å². The average molecular weight is 501 g/mol. The molecule has 0 aromatic heterocycles. The smallest absolute Gasteiger partial charge is 0.261 e. The lowest BCUT2D eigenvalue weighted by Crippen LogP contribution is -2.67. The van der Waals surface area contributed by atoms with Crippen LogP contribution in [0.5, 0.6) is 0 Å². The fourth-order valence-corrected chi connectivity index (χ4v) is 9.36. The Morgan fingerprint density at radius 3 is 1.81 bits per heavy atom. The van der Waals surface area contributed by atoms with Crippen molar-refractivity contribution < 1.29 is 14.3 Å². The Hall–Kier alpha value is -2.68. The van der Waals surface area contributed by atoms with Gasteiger partial charge in [0.15, 0.2) is 0 Å². The monoisotopic (exact) mass is 500 g/mol. The van der Waals surface area contributed by atoms with E-state index in [4.69, 9.17) is 9.16 Å².